The Morgan fingerprint density at radius 3 is 2.79 bits per heavy atom. The van der Waals surface area contributed by atoms with Crippen LogP contribution in [0.25, 0.3) is 0 Å². The van der Waals surface area contributed by atoms with E-state index in [2.05, 4.69) is 50.9 Å². The molecule has 2 heteroatoms. The van der Waals surface area contributed by atoms with E-state index in [-0.39, 0.29) is 5.54 Å². The van der Waals surface area contributed by atoms with Gasteiger partial charge < -0.3 is 4.90 Å². The van der Waals surface area contributed by atoms with Crippen LogP contribution < -0.4 is 4.90 Å². The number of thioether (sulfide) groups is 1. The van der Waals surface area contributed by atoms with Crippen molar-refractivity contribution in [2.24, 2.45) is 0 Å². The quantitative estimate of drug-likeness (QED) is 0.642. The van der Waals surface area contributed by atoms with Crippen LogP contribution in [-0.2, 0) is 0 Å². The van der Waals surface area contributed by atoms with Crippen LogP contribution >= 0.6 is 11.8 Å². The van der Waals surface area contributed by atoms with Gasteiger partial charge in [-0.2, -0.15) is 0 Å². The molecule has 1 heterocycles. The summed E-state index contributed by atoms with van der Waals surface area (Å²) in [4.78, 5) is 3.81. The molecule has 76 valence electrons. The molecule has 1 aliphatic rings. The third kappa shape index (κ3) is 1.52. The van der Waals surface area contributed by atoms with Gasteiger partial charge in [-0.15, -0.1) is 11.8 Å². The molecule has 1 aromatic rings. The molecule has 1 aromatic carbocycles. The summed E-state index contributed by atoms with van der Waals surface area (Å²) in [5.74, 6) is 1.17. The highest BCUT2D eigenvalue weighted by molar-refractivity contribution is 7.99. The van der Waals surface area contributed by atoms with Gasteiger partial charge in [-0.3, -0.25) is 0 Å². The van der Waals surface area contributed by atoms with Gasteiger partial charge in [0.2, 0.25) is 0 Å². The Labute approximate surface area is 90.5 Å². The normalized spacial score (nSPS) is 19.3. The maximum absolute atomic E-state index is 2.39. The van der Waals surface area contributed by atoms with E-state index in [1.807, 2.05) is 11.8 Å². The Hall–Kier alpha value is -0.630. The van der Waals surface area contributed by atoms with Crippen molar-refractivity contribution >= 4 is 17.4 Å². The highest BCUT2D eigenvalue weighted by Gasteiger charge is 2.30. The smallest absolute Gasteiger partial charge is 0.0509 e. The number of nitrogens with zero attached hydrogens (tertiary/aromatic N) is 1. The first-order valence-electron chi connectivity index (χ1n) is 4.98. The molecule has 0 saturated heterocycles. The van der Waals surface area contributed by atoms with Gasteiger partial charge in [0.25, 0.3) is 0 Å². The molecule has 0 spiro atoms. The van der Waals surface area contributed by atoms with Gasteiger partial charge in [0, 0.05) is 23.2 Å². The molecule has 0 bridgehead atoms. The number of hydrogen-bond acceptors (Lipinski definition) is 2. The molecule has 0 aliphatic carbocycles. The summed E-state index contributed by atoms with van der Waals surface area (Å²) in [6.45, 7) is 6.75. The second-order valence-corrected chi connectivity index (χ2v) is 5.65. The Morgan fingerprint density at radius 2 is 2.07 bits per heavy atom. The zero-order valence-electron chi connectivity index (χ0n) is 9.29. The van der Waals surface area contributed by atoms with Crippen LogP contribution in [0, 0.1) is 6.92 Å². The van der Waals surface area contributed by atoms with Crippen LogP contribution in [-0.4, -0.2) is 18.3 Å². The molecule has 0 amide bonds. The zero-order valence-corrected chi connectivity index (χ0v) is 10.1. The number of anilines is 1. The predicted octanol–water partition coefficient (Wildman–Crippen LogP) is 3.32. The van der Waals surface area contributed by atoms with Crippen molar-refractivity contribution in [2.75, 3.05) is 17.7 Å². The van der Waals surface area contributed by atoms with Crippen molar-refractivity contribution in [1.29, 1.82) is 0 Å². The van der Waals surface area contributed by atoms with Gasteiger partial charge in [-0.05, 0) is 38.5 Å². The summed E-state index contributed by atoms with van der Waals surface area (Å²) in [6, 6.07) is 6.71. The Kier molecular flexibility index (Phi) is 2.26. The topological polar surface area (TPSA) is 3.24 Å². The summed E-state index contributed by atoms with van der Waals surface area (Å²) in [5.41, 5.74) is 2.99. The largest absolute Gasteiger partial charge is 0.368 e. The van der Waals surface area contributed by atoms with E-state index in [0.717, 1.165) is 0 Å². The standard InChI is InChI=1S/C12H17NS/c1-9-5-6-11-10(7-9)13(4)12(2,3)8-14-11/h5-7H,8H2,1-4H3. The SMILES string of the molecule is Cc1ccc2c(c1)N(C)C(C)(C)CS2. The number of aryl methyl sites for hydroxylation is 1. The van der Waals surface area contributed by atoms with Crippen molar-refractivity contribution in [2.45, 2.75) is 31.2 Å². The number of hydrogen-bond donors (Lipinski definition) is 0. The van der Waals surface area contributed by atoms with E-state index in [1.54, 1.807) is 0 Å². The molecule has 0 atom stereocenters. The monoisotopic (exact) mass is 207 g/mol. The second-order valence-electron chi connectivity index (χ2n) is 4.63. The molecule has 2 rings (SSSR count). The highest BCUT2D eigenvalue weighted by Crippen LogP contribution is 2.41. The molecule has 0 saturated carbocycles. The van der Waals surface area contributed by atoms with E-state index < -0.39 is 0 Å². The molecule has 0 fully saturated rings. The fourth-order valence-electron chi connectivity index (χ4n) is 1.69. The van der Waals surface area contributed by atoms with Gasteiger partial charge >= 0.3 is 0 Å². The maximum atomic E-state index is 2.39. The molecule has 0 radical (unpaired) electrons. The van der Waals surface area contributed by atoms with Crippen molar-refractivity contribution < 1.29 is 0 Å². The van der Waals surface area contributed by atoms with Gasteiger partial charge in [0.1, 0.15) is 0 Å². The Morgan fingerprint density at radius 1 is 1.36 bits per heavy atom. The molecule has 1 aliphatic heterocycles. The fraction of sp³-hybridized carbons (Fsp3) is 0.500. The molecule has 0 aromatic heterocycles. The Balaban J connectivity index is 2.48. The second kappa shape index (κ2) is 3.20. The van der Waals surface area contributed by atoms with Crippen molar-refractivity contribution in [3.8, 4) is 0 Å². The first-order chi connectivity index (χ1) is 6.50. The zero-order chi connectivity index (χ0) is 10.3. The van der Waals surface area contributed by atoms with Gasteiger partial charge in [-0.25, -0.2) is 0 Å². The maximum Gasteiger partial charge on any atom is 0.0509 e. The predicted molar refractivity (Wildman–Crippen MR) is 64.4 cm³/mol. The van der Waals surface area contributed by atoms with E-state index in [9.17, 15) is 0 Å². The van der Waals surface area contributed by atoms with Crippen molar-refractivity contribution in [1.82, 2.24) is 0 Å². The lowest BCUT2D eigenvalue weighted by molar-refractivity contribution is 0.539. The first-order valence-corrected chi connectivity index (χ1v) is 5.96. The van der Waals surface area contributed by atoms with Crippen LogP contribution in [0.3, 0.4) is 0 Å². The van der Waals surface area contributed by atoms with Crippen LogP contribution in [0.1, 0.15) is 19.4 Å². The number of fused-ring (bicyclic) bond motifs is 1. The molecule has 1 nitrogen and oxygen atoms in total. The third-order valence-electron chi connectivity index (χ3n) is 2.96. The minimum absolute atomic E-state index is 0.269. The first kappa shape index (κ1) is 9.91. The van der Waals surface area contributed by atoms with Crippen LogP contribution in [0.2, 0.25) is 0 Å². The van der Waals surface area contributed by atoms with Crippen molar-refractivity contribution in [3.05, 3.63) is 23.8 Å². The van der Waals surface area contributed by atoms with Crippen molar-refractivity contribution in [3.63, 3.8) is 0 Å². The van der Waals surface area contributed by atoms with E-state index >= 15 is 0 Å². The lowest BCUT2D eigenvalue weighted by atomic mass is 10.0. The van der Waals surface area contributed by atoms with Gasteiger partial charge in [0.05, 0.1) is 5.69 Å². The van der Waals surface area contributed by atoms with Crippen LogP contribution in [0.4, 0.5) is 5.69 Å². The van der Waals surface area contributed by atoms with E-state index in [0.29, 0.717) is 0 Å². The van der Waals surface area contributed by atoms with Gasteiger partial charge in [0.15, 0.2) is 0 Å². The Bertz CT molecular complexity index is 357. The average Bonchev–Trinajstić information content (AvgIpc) is 2.13. The summed E-state index contributed by atoms with van der Waals surface area (Å²) in [7, 11) is 2.19. The number of rotatable bonds is 0. The lowest BCUT2D eigenvalue weighted by Gasteiger charge is -2.42. The average molecular weight is 207 g/mol. The minimum Gasteiger partial charge on any atom is -0.368 e. The van der Waals surface area contributed by atoms with Crippen LogP contribution in [0.5, 0.6) is 0 Å². The molecule has 14 heavy (non-hydrogen) atoms. The highest BCUT2D eigenvalue weighted by atomic mass is 32.2. The minimum atomic E-state index is 0.269. The summed E-state index contributed by atoms with van der Waals surface area (Å²) in [5, 5.41) is 0. The molecule has 0 unspecified atom stereocenters. The fourth-order valence-corrected chi connectivity index (χ4v) is 2.90. The molecular formula is C12H17NS. The molecule has 0 N–H and O–H groups in total. The number of benzene rings is 1. The summed E-state index contributed by atoms with van der Waals surface area (Å²) in [6.07, 6.45) is 0. The van der Waals surface area contributed by atoms with E-state index in [4.69, 9.17) is 0 Å². The summed E-state index contributed by atoms with van der Waals surface area (Å²) < 4.78 is 0. The lowest BCUT2D eigenvalue weighted by Crippen LogP contribution is -2.45. The summed E-state index contributed by atoms with van der Waals surface area (Å²) >= 11 is 1.97. The van der Waals surface area contributed by atoms with E-state index in [1.165, 1.54) is 21.9 Å². The molecular weight excluding hydrogens is 190 g/mol. The van der Waals surface area contributed by atoms with Crippen LogP contribution in [0.15, 0.2) is 23.1 Å². The van der Waals surface area contributed by atoms with Gasteiger partial charge in [-0.1, -0.05) is 6.07 Å². The third-order valence-corrected chi connectivity index (χ3v) is 4.47.